The third-order valence-corrected chi connectivity index (χ3v) is 3.44. The zero-order chi connectivity index (χ0) is 13.3. The third-order valence-electron chi connectivity index (χ3n) is 3.15. The Kier molecular flexibility index (Phi) is 3.57. The molecule has 2 rings (SSSR count). The number of halogens is 2. The Morgan fingerprint density at radius 3 is 2.89 bits per heavy atom. The number of H-pyrrole nitrogens is 1. The van der Waals surface area contributed by atoms with Crippen LogP contribution in [0.4, 0.5) is 10.2 Å². The van der Waals surface area contributed by atoms with Gasteiger partial charge in [-0.1, -0.05) is 37.6 Å². The van der Waals surface area contributed by atoms with Gasteiger partial charge in [-0.05, 0) is 18.4 Å². The number of rotatable bonds is 3. The van der Waals surface area contributed by atoms with Gasteiger partial charge in [-0.25, -0.2) is 4.39 Å². The minimum absolute atomic E-state index is 0.0863. The van der Waals surface area contributed by atoms with Crippen LogP contribution in [0.15, 0.2) is 18.2 Å². The molecule has 0 spiro atoms. The molecule has 1 unspecified atom stereocenters. The van der Waals surface area contributed by atoms with Crippen molar-refractivity contribution < 1.29 is 4.39 Å². The molecule has 96 valence electrons. The molecule has 3 N–H and O–H groups in total. The second-order valence-corrected chi connectivity index (χ2v) is 4.72. The van der Waals surface area contributed by atoms with Crippen LogP contribution in [0.5, 0.6) is 0 Å². The van der Waals surface area contributed by atoms with E-state index in [1.807, 2.05) is 6.92 Å². The molecular formula is C13H15ClFN3. The summed E-state index contributed by atoms with van der Waals surface area (Å²) in [4.78, 5) is 0. The zero-order valence-electron chi connectivity index (χ0n) is 10.3. The lowest BCUT2D eigenvalue weighted by Gasteiger charge is -2.11. The van der Waals surface area contributed by atoms with Gasteiger partial charge >= 0.3 is 0 Å². The van der Waals surface area contributed by atoms with Crippen molar-refractivity contribution in [2.75, 3.05) is 5.73 Å². The van der Waals surface area contributed by atoms with Crippen LogP contribution in [0.3, 0.4) is 0 Å². The molecular weight excluding hydrogens is 253 g/mol. The number of nitrogen functional groups attached to an aromatic ring is 1. The molecule has 1 atom stereocenters. The van der Waals surface area contributed by atoms with Gasteiger partial charge in [0.05, 0.1) is 5.02 Å². The van der Waals surface area contributed by atoms with Crippen molar-refractivity contribution in [1.29, 1.82) is 0 Å². The van der Waals surface area contributed by atoms with E-state index < -0.39 is 5.82 Å². The van der Waals surface area contributed by atoms with Crippen molar-refractivity contribution in [3.63, 3.8) is 0 Å². The average molecular weight is 268 g/mol. The molecule has 1 aromatic heterocycles. The van der Waals surface area contributed by atoms with Gasteiger partial charge in [0.2, 0.25) is 0 Å². The first kappa shape index (κ1) is 12.9. The summed E-state index contributed by atoms with van der Waals surface area (Å²) < 4.78 is 14.1. The van der Waals surface area contributed by atoms with Crippen molar-refractivity contribution in [3.05, 3.63) is 34.7 Å². The van der Waals surface area contributed by atoms with Crippen LogP contribution < -0.4 is 5.73 Å². The highest BCUT2D eigenvalue weighted by atomic mass is 35.5. The van der Waals surface area contributed by atoms with E-state index in [2.05, 4.69) is 17.1 Å². The van der Waals surface area contributed by atoms with Gasteiger partial charge in [0, 0.05) is 16.8 Å². The van der Waals surface area contributed by atoms with Gasteiger partial charge < -0.3 is 5.73 Å². The Morgan fingerprint density at radius 2 is 2.22 bits per heavy atom. The van der Waals surface area contributed by atoms with Crippen LogP contribution in [0.2, 0.25) is 5.02 Å². The summed E-state index contributed by atoms with van der Waals surface area (Å²) in [5, 5.41) is 6.95. The molecule has 0 aliphatic rings. The summed E-state index contributed by atoms with van der Waals surface area (Å²) >= 11 is 5.80. The molecule has 5 heteroatoms. The highest BCUT2D eigenvalue weighted by Crippen LogP contribution is 2.36. The number of nitrogens with one attached hydrogen (secondary N) is 1. The summed E-state index contributed by atoms with van der Waals surface area (Å²) in [6.45, 7) is 4.10. The van der Waals surface area contributed by atoms with Gasteiger partial charge in [-0.2, -0.15) is 5.10 Å². The molecule has 1 aromatic carbocycles. The Hall–Kier alpha value is -1.55. The molecule has 0 aliphatic heterocycles. The fourth-order valence-electron chi connectivity index (χ4n) is 1.91. The second-order valence-electron chi connectivity index (χ2n) is 4.31. The second kappa shape index (κ2) is 4.98. The topological polar surface area (TPSA) is 54.7 Å². The van der Waals surface area contributed by atoms with E-state index >= 15 is 0 Å². The lowest BCUT2D eigenvalue weighted by atomic mass is 9.96. The molecule has 0 aliphatic carbocycles. The SMILES string of the molecule is CCC(C)c1[nH]nc(N)c1-c1cccc(Cl)c1F. The number of aromatic nitrogens is 2. The molecule has 2 aromatic rings. The molecule has 1 heterocycles. The minimum atomic E-state index is -0.461. The number of hydrogen-bond donors (Lipinski definition) is 2. The van der Waals surface area contributed by atoms with Crippen LogP contribution in [0.1, 0.15) is 31.9 Å². The first-order chi connectivity index (χ1) is 8.56. The molecule has 18 heavy (non-hydrogen) atoms. The Labute approximate surface area is 110 Å². The number of hydrogen-bond acceptors (Lipinski definition) is 2. The maximum atomic E-state index is 14.1. The monoisotopic (exact) mass is 267 g/mol. The lowest BCUT2D eigenvalue weighted by Crippen LogP contribution is -1.97. The molecule has 0 saturated heterocycles. The van der Waals surface area contributed by atoms with E-state index in [9.17, 15) is 4.39 Å². The van der Waals surface area contributed by atoms with Crippen molar-refractivity contribution in [1.82, 2.24) is 10.2 Å². The predicted molar refractivity (Wildman–Crippen MR) is 72.1 cm³/mol. The largest absolute Gasteiger partial charge is 0.382 e. The quantitative estimate of drug-likeness (QED) is 0.884. The Balaban J connectivity index is 2.63. The number of benzene rings is 1. The van der Waals surface area contributed by atoms with Crippen LogP contribution in [0, 0.1) is 5.82 Å². The van der Waals surface area contributed by atoms with E-state index in [1.54, 1.807) is 12.1 Å². The lowest BCUT2D eigenvalue weighted by molar-refractivity contribution is 0.630. The van der Waals surface area contributed by atoms with Crippen LogP contribution in [0.25, 0.3) is 11.1 Å². The smallest absolute Gasteiger partial charge is 0.153 e. The van der Waals surface area contributed by atoms with Crippen LogP contribution in [-0.2, 0) is 0 Å². The van der Waals surface area contributed by atoms with Gasteiger partial charge in [0.15, 0.2) is 5.82 Å². The molecule has 0 radical (unpaired) electrons. The molecule has 0 bridgehead atoms. The van der Waals surface area contributed by atoms with Gasteiger partial charge in [0.25, 0.3) is 0 Å². The molecule has 0 amide bonds. The van der Waals surface area contributed by atoms with Gasteiger partial charge in [-0.15, -0.1) is 0 Å². The van der Waals surface area contributed by atoms with Gasteiger partial charge in [-0.3, -0.25) is 5.10 Å². The normalized spacial score (nSPS) is 12.7. The highest BCUT2D eigenvalue weighted by molar-refractivity contribution is 6.31. The van der Waals surface area contributed by atoms with Crippen LogP contribution >= 0.6 is 11.6 Å². The fraction of sp³-hybridized carbons (Fsp3) is 0.308. The highest BCUT2D eigenvalue weighted by Gasteiger charge is 2.20. The van der Waals surface area contributed by atoms with Gasteiger partial charge in [0.1, 0.15) is 5.82 Å². The van der Waals surface area contributed by atoms with Crippen molar-refractivity contribution in [2.45, 2.75) is 26.2 Å². The summed E-state index contributed by atoms with van der Waals surface area (Å²) in [6.07, 6.45) is 0.914. The summed E-state index contributed by atoms with van der Waals surface area (Å²) in [5.41, 5.74) is 7.68. The fourth-order valence-corrected chi connectivity index (χ4v) is 2.09. The summed E-state index contributed by atoms with van der Waals surface area (Å²) in [6, 6.07) is 4.88. The number of aromatic amines is 1. The molecule has 0 saturated carbocycles. The Bertz CT molecular complexity index is 565. The first-order valence-corrected chi connectivity index (χ1v) is 6.22. The van der Waals surface area contributed by atoms with Crippen molar-refractivity contribution in [2.24, 2.45) is 0 Å². The van der Waals surface area contributed by atoms with Crippen LogP contribution in [-0.4, -0.2) is 10.2 Å². The van der Waals surface area contributed by atoms with E-state index in [0.29, 0.717) is 16.9 Å². The van der Waals surface area contributed by atoms with E-state index in [0.717, 1.165) is 12.1 Å². The van der Waals surface area contributed by atoms with E-state index in [1.165, 1.54) is 6.07 Å². The number of nitrogens with zero attached hydrogens (tertiary/aromatic N) is 1. The number of anilines is 1. The van der Waals surface area contributed by atoms with Crippen molar-refractivity contribution in [3.8, 4) is 11.1 Å². The Morgan fingerprint density at radius 1 is 1.50 bits per heavy atom. The maximum absolute atomic E-state index is 14.1. The maximum Gasteiger partial charge on any atom is 0.153 e. The minimum Gasteiger partial charge on any atom is -0.382 e. The predicted octanol–water partition coefficient (Wildman–Crippen LogP) is 3.96. The third kappa shape index (κ3) is 2.08. The van der Waals surface area contributed by atoms with E-state index in [4.69, 9.17) is 17.3 Å². The number of nitrogens with two attached hydrogens (primary N) is 1. The van der Waals surface area contributed by atoms with Crippen molar-refractivity contribution >= 4 is 17.4 Å². The molecule has 0 fully saturated rings. The zero-order valence-corrected chi connectivity index (χ0v) is 11.1. The molecule has 3 nitrogen and oxygen atoms in total. The summed E-state index contributed by atoms with van der Waals surface area (Å²) in [5.74, 6) is 0.0615. The standard InChI is InChI=1S/C13H15ClFN3/c1-3-7(2)12-10(13(16)18-17-12)8-5-4-6-9(14)11(8)15/h4-7H,3H2,1-2H3,(H3,16,17,18). The summed E-state index contributed by atoms with van der Waals surface area (Å²) in [7, 11) is 0. The first-order valence-electron chi connectivity index (χ1n) is 5.84. The van der Waals surface area contributed by atoms with E-state index in [-0.39, 0.29) is 10.9 Å². The average Bonchev–Trinajstić information content (AvgIpc) is 2.74.